The number of alkyl halides is 3. The topological polar surface area (TPSA) is 42.1 Å². The highest BCUT2D eigenvalue weighted by Gasteiger charge is 2.38. The van der Waals surface area contributed by atoms with Crippen LogP contribution in [0.4, 0.5) is 19.0 Å². The fourth-order valence-corrected chi connectivity index (χ4v) is 2.52. The summed E-state index contributed by atoms with van der Waals surface area (Å²) in [5.41, 5.74) is 7.24. The SMILES string of the molecule is NCc1cc(N(CC(F)(F)F)C2CC2)nc2ccccc12. The van der Waals surface area contributed by atoms with Crippen LogP contribution >= 0.6 is 0 Å². The molecule has 3 nitrogen and oxygen atoms in total. The number of benzene rings is 1. The van der Waals surface area contributed by atoms with Crippen LogP contribution in [0.2, 0.25) is 0 Å². The normalized spacial score (nSPS) is 15.4. The molecule has 21 heavy (non-hydrogen) atoms. The van der Waals surface area contributed by atoms with Crippen molar-refractivity contribution in [2.75, 3.05) is 11.4 Å². The molecule has 112 valence electrons. The molecule has 0 aliphatic heterocycles. The number of rotatable bonds is 4. The summed E-state index contributed by atoms with van der Waals surface area (Å²) in [6.07, 6.45) is -2.68. The highest BCUT2D eigenvalue weighted by Crippen LogP contribution is 2.35. The zero-order valence-corrected chi connectivity index (χ0v) is 11.4. The van der Waals surface area contributed by atoms with Crippen LogP contribution in [-0.4, -0.2) is 23.7 Å². The van der Waals surface area contributed by atoms with E-state index in [1.807, 2.05) is 18.2 Å². The van der Waals surface area contributed by atoms with Gasteiger partial charge in [-0.2, -0.15) is 13.2 Å². The largest absolute Gasteiger partial charge is 0.405 e. The Balaban J connectivity index is 2.05. The molecule has 1 aliphatic carbocycles. The predicted molar refractivity (Wildman–Crippen MR) is 76.1 cm³/mol. The Morgan fingerprint density at radius 3 is 2.57 bits per heavy atom. The van der Waals surface area contributed by atoms with E-state index in [-0.39, 0.29) is 12.6 Å². The number of aromatic nitrogens is 1. The second-order valence-electron chi connectivity index (χ2n) is 5.34. The molecule has 0 amide bonds. The lowest BCUT2D eigenvalue weighted by atomic mass is 10.1. The molecule has 0 spiro atoms. The van der Waals surface area contributed by atoms with Gasteiger partial charge in [-0.15, -0.1) is 0 Å². The third-order valence-corrected chi connectivity index (χ3v) is 3.64. The number of nitrogens with two attached hydrogens (primary N) is 1. The van der Waals surface area contributed by atoms with Gasteiger partial charge in [0.25, 0.3) is 0 Å². The highest BCUT2D eigenvalue weighted by molar-refractivity contribution is 5.84. The van der Waals surface area contributed by atoms with Crippen molar-refractivity contribution in [2.24, 2.45) is 5.73 Å². The lowest BCUT2D eigenvalue weighted by Gasteiger charge is -2.25. The number of halogens is 3. The highest BCUT2D eigenvalue weighted by atomic mass is 19.4. The van der Waals surface area contributed by atoms with Gasteiger partial charge in [0, 0.05) is 18.0 Å². The zero-order chi connectivity index (χ0) is 15.0. The lowest BCUT2D eigenvalue weighted by Crippen LogP contribution is -2.36. The standard InChI is InChI=1S/C15H16F3N3/c16-15(17,18)9-21(11-5-6-11)14-7-10(8-19)12-3-1-2-4-13(12)20-14/h1-4,7,11H,5-6,8-9,19H2. The second kappa shape index (κ2) is 5.18. The van der Waals surface area contributed by atoms with Crippen molar-refractivity contribution in [1.82, 2.24) is 4.98 Å². The van der Waals surface area contributed by atoms with Crippen molar-refractivity contribution in [3.05, 3.63) is 35.9 Å². The molecule has 1 fully saturated rings. The van der Waals surface area contributed by atoms with Gasteiger partial charge < -0.3 is 10.6 Å². The molecule has 3 rings (SSSR count). The van der Waals surface area contributed by atoms with E-state index >= 15 is 0 Å². The Bertz CT molecular complexity index is 650. The molecule has 1 saturated carbocycles. The molecule has 0 radical (unpaired) electrons. The molecule has 6 heteroatoms. The second-order valence-corrected chi connectivity index (χ2v) is 5.34. The van der Waals surface area contributed by atoms with Gasteiger partial charge in [0.05, 0.1) is 5.52 Å². The first kappa shape index (κ1) is 14.1. The maximum Gasteiger partial charge on any atom is 0.405 e. The molecule has 0 saturated heterocycles. The Labute approximate surface area is 120 Å². The molecule has 0 unspecified atom stereocenters. The smallest absolute Gasteiger partial charge is 0.344 e. The van der Waals surface area contributed by atoms with E-state index in [0.717, 1.165) is 23.8 Å². The van der Waals surface area contributed by atoms with E-state index in [1.54, 1.807) is 12.1 Å². The number of nitrogens with zero attached hydrogens (tertiary/aromatic N) is 2. The summed E-state index contributed by atoms with van der Waals surface area (Å²) in [5.74, 6) is 0.369. The van der Waals surface area contributed by atoms with Crippen LogP contribution in [0.1, 0.15) is 18.4 Å². The Morgan fingerprint density at radius 1 is 1.24 bits per heavy atom. The summed E-state index contributed by atoms with van der Waals surface area (Å²) in [4.78, 5) is 5.75. The first-order valence-corrected chi connectivity index (χ1v) is 6.90. The third kappa shape index (κ3) is 3.10. The van der Waals surface area contributed by atoms with Crippen LogP contribution in [0, 0.1) is 0 Å². The summed E-state index contributed by atoms with van der Waals surface area (Å²) < 4.78 is 38.3. The van der Waals surface area contributed by atoms with Gasteiger partial charge >= 0.3 is 6.18 Å². The van der Waals surface area contributed by atoms with Gasteiger partial charge in [0.1, 0.15) is 12.4 Å². The van der Waals surface area contributed by atoms with Gasteiger partial charge in [-0.25, -0.2) is 4.98 Å². The maximum absolute atomic E-state index is 12.8. The minimum absolute atomic E-state index is 0.0640. The molecule has 1 aromatic carbocycles. The molecule has 0 bridgehead atoms. The fourth-order valence-electron chi connectivity index (χ4n) is 2.52. The number of anilines is 1. The van der Waals surface area contributed by atoms with Crippen molar-refractivity contribution in [1.29, 1.82) is 0 Å². The van der Waals surface area contributed by atoms with E-state index in [0.29, 0.717) is 11.3 Å². The summed E-state index contributed by atoms with van der Waals surface area (Å²) in [6.45, 7) is -0.687. The van der Waals surface area contributed by atoms with Gasteiger partial charge in [-0.05, 0) is 30.5 Å². The van der Waals surface area contributed by atoms with Crippen LogP contribution in [0.25, 0.3) is 10.9 Å². The van der Waals surface area contributed by atoms with Gasteiger partial charge in [-0.3, -0.25) is 0 Å². The summed E-state index contributed by atoms with van der Waals surface area (Å²) in [6, 6.07) is 9.01. The lowest BCUT2D eigenvalue weighted by molar-refractivity contribution is -0.120. The van der Waals surface area contributed by atoms with Gasteiger partial charge in [-0.1, -0.05) is 18.2 Å². The van der Waals surface area contributed by atoms with Crippen molar-refractivity contribution in [3.8, 4) is 0 Å². The van der Waals surface area contributed by atoms with Crippen LogP contribution in [0.5, 0.6) is 0 Å². The third-order valence-electron chi connectivity index (χ3n) is 3.64. The van der Waals surface area contributed by atoms with Crippen molar-refractivity contribution in [3.63, 3.8) is 0 Å². The summed E-state index contributed by atoms with van der Waals surface area (Å²) >= 11 is 0. The minimum atomic E-state index is -4.24. The Morgan fingerprint density at radius 2 is 1.95 bits per heavy atom. The summed E-state index contributed by atoms with van der Waals surface area (Å²) in [7, 11) is 0. The molecule has 1 aromatic heterocycles. The first-order chi connectivity index (χ1) is 9.98. The van der Waals surface area contributed by atoms with Crippen LogP contribution < -0.4 is 10.6 Å². The quantitative estimate of drug-likeness (QED) is 0.941. The summed E-state index contributed by atoms with van der Waals surface area (Å²) in [5, 5.41) is 0.895. The van der Waals surface area contributed by atoms with Crippen LogP contribution in [0.15, 0.2) is 30.3 Å². The maximum atomic E-state index is 12.8. The number of fused-ring (bicyclic) bond motifs is 1. The van der Waals surface area contributed by atoms with E-state index in [4.69, 9.17) is 5.73 Å². The van der Waals surface area contributed by atoms with Crippen molar-refractivity contribution in [2.45, 2.75) is 31.6 Å². The van der Waals surface area contributed by atoms with E-state index in [2.05, 4.69) is 4.98 Å². The molecule has 1 heterocycles. The predicted octanol–water partition coefficient (Wildman–Crippen LogP) is 3.22. The minimum Gasteiger partial charge on any atom is -0.344 e. The van der Waals surface area contributed by atoms with E-state index in [1.165, 1.54) is 4.90 Å². The molecule has 2 aromatic rings. The number of pyridine rings is 1. The molecular weight excluding hydrogens is 279 g/mol. The average Bonchev–Trinajstić information content (AvgIpc) is 3.27. The van der Waals surface area contributed by atoms with E-state index < -0.39 is 12.7 Å². The molecular formula is C15H16F3N3. The molecule has 0 atom stereocenters. The zero-order valence-electron chi connectivity index (χ0n) is 11.4. The molecule has 1 aliphatic rings. The number of hydrogen-bond donors (Lipinski definition) is 1. The first-order valence-electron chi connectivity index (χ1n) is 6.90. The fraction of sp³-hybridized carbons (Fsp3) is 0.400. The van der Waals surface area contributed by atoms with Gasteiger partial charge in [0.15, 0.2) is 0 Å². The van der Waals surface area contributed by atoms with Crippen molar-refractivity contribution >= 4 is 16.7 Å². The van der Waals surface area contributed by atoms with E-state index in [9.17, 15) is 13.2 Å². The van der Waals surface area contributed by atoms with Crippen LogP contribution in [-0.2, 0) is 6.54 Å². The molecule has 2 N–H and O–H groups in total. The number of hydrogen-bond acceptors (Lipinski definition) is 3. The van der Waals surface area contributed by atoms with Gasteiger partial charge in [0.2, 0.25) is 0 Å². The monoisotopic (exact) mass is 295 g/mol. The Hall–Kier alpha value is -1.82. The number of para-hydroxylation sites is 1. The van der Waals surface area contributed by atoms with Crippen LogP contribution in [0.3, 0.4) is 0 Å². The average molecular weight is 295 g/mol. The Kier molecular flexibility index (Phi) is 3.49. The van der Waals surface area contributed by atoms with Crippen molar-refractivity contribution < 1.29 is 13.2 Å².